The Balaban J connectivity index is 1.86. The van der Waals surface area contributed by atoms with Gasteiger partial charge in [0.05, 0.1) is 11.7 Å². The zero-order valence-electron chi connectivity index (χ0n) is 11.7. The van der Waals surface area contributed by atoms with Crippen LogP contribution in [0.2, 0.25) is 0 Å². The molecule has 1 nitrogen and oxygen atoms in total. The molecule has 0 saturated carbocycles. The first-order valence-corrected chi connectivity index (χ1v) is 8.11. The van der Waals surface area contributed by atoms with Crippen LogP contribution in [-0.2, 0) is 0 Å². The lowest BCUT2D eigenvalue weighted by atomic mass is 9.77. The third kappa shape index (κ3) is 2.09. The summed E-state index contributed by atoms with van der Waals surface area (Å²) < 4.78 is 29.3. The zero-order valence-corrected chi connectivity index (χ0v) is 13.3. The van der Waals surface area contributed by atoms with Crippen LogP contribution in [0.4, 0.5) is 14.5 Å². The van der Waals surface area contributed by atoms with Crippen LogP contribution < -0.4 is 5.32 Å². The average molecular weight is 362 g/mol. The summed E-state index contributed by atoms with van der Waals surface area (Å²) >= 11 is 3.36. The first kappa shape index (κ1) is 13.9. The predicted octanol–water partition coefficient (Wildman–Crippen LogP) is 5.55. The molecule has 4 heteroatoms. The lowest BCUT2D eigenvalue weighted by Crippen LogP contribution is -2.30. The highest BCUT2D eigenvalue weighted by atomic mass is 79.9. The number of allylic oxidation sites excluding steroid dienone is 2. The van der Waals surface area contributed by atoms with Crippen molar-refractivity contribution in [2.24, 2.45) is 5.92 Å². The fourth-order valence-electron chi connectivity index (χ4n) is 3.66. The van der Waals surface area contributed by atoms with Gasteiger partial charge in [0.15, 0.2) is 0 Å². The van der Waals surface area contributed by atoms with Gasteiger partial charge in [-0.25, -0.2) is 8.78 Å². The minimum Gasteiger partial charge on any atom is -0.375 e. The van der Waals surface area contributed by atoms with E-state index in [9.17, 15) is 8.78 Å². The Morgan fingerprint density at radius 3 is 2.68 bits per heavy atom. The van der Waals surface area contributed by atoms with Crippen LogP contribution in [0.25, 0.3) is 0 Å². The summed E-state index contributed by atoms with van der Waals surface area (Å²) in [5, 5.41) is 3.25. The fourth-order valence-corrected chi connectivity index (χ4v) is 4.10. The summed E-state index contributed by atoms with van der Waals surface area (Å²) in [5.74, 6) is -0.220. The fraction of sp³-hybridized carbons (Fsp3) is 0.222. The Hall–Kier alpha value is -1.68. The third-order valence-corrected chi connectivity index (χ3v) is 5.08. The van der Waals surface area contributed by atoms with Crippen molar-refractivity contribution in [1.29, 1.82) is 0 Å². The van der Waals surface area contributed by atoms with Gasteiger partial charge in [0.2, 0.25) is 0 Å². The van der Waals surface area contributed by atoms with E-state index in [2.05, 4.69) is 33.4 Å². The molecule has 0 spiro atoms. The van der Waals surface area contributed by atoms with Gasteiger partial charge in [-0.3, -0.25) is 0 Å². The molecule has 1 aliphatic carbocycles. The van der Waals surface area contributed by atoms with Crippen LogP contribution in [0.5, 0.6) is 0 Å². The van der Waals surface area contributed by atoms with E-state index in [1.807, 2.05) is 12.1 Å². The number of rotatable bonds is 1. The maximum absolute atomic E-state index is 14.4. The van der Waals surface area contributed by atoms with Gasteiger partial charge < -0.3 is 5.32 Å². The molecule has 1 aliphatic heterocycles. The van der Waals surface area contributed by atoms with Gasteiger partial charge in [-0.2, -0.15) is 0 Å². The van der Waals surface area contributed by atoms with Crippen molar-refractivity contribution in [2.75, 3.05) is 5.32 Å². The highest BCUT2D eigenvalue weighted by Crippen LogP contribution is 2.51. The van der Waals surface area contributed by atoms with Crippen molar-refractivity contribution in [3.63, 3.8) is 0 Å². The summed E-state index contributed by atoms with van der Waals surface area (Å²) in [7, 11) is 0. The lowest BCUT2D eigenvalue weighted by molar-refractivity contribution is 0.409. The molecule has 0 fully saturated rings. The molecule has 0 radical (unpaired) electrons. The summed E-state index contributed by atoms with van der Waals surface area (Å²) in [6, 6.07) is 9.93. The van der Waals surface area contributed by atoms with Crippen molar-refractivity contribution < 1.29 is 8.78 Å². The van der Waals surface area contributed by atoms with Crippen molar-refractivity contribution in [1.82, 2.24) is 0 Å². The largest absolute Gasteiger partial charge is 0.375 e. The average Bonchev–Trinajstić information content (AvgIpc) is 2.97. The number of halogens is 3. The second-order valence-corrected chi connectivity index (χ2v) is 6.76. The maximum Gasteiger partial charge on any atom is 0.147 e. The van der Waals surface area contributed by atoms with Crippen LogP contribution in [0.1, 0.15) is 29.5 Å². The van der Waals surface area contributed by atoms with Crippen molar-refractivity contribution in [2.45, 2.75) is 18.4 Å². The van der Waals surface area contributed by atoms with Crippen LogP contribution in [0, 0.1) is 17.6 Å². The Kier molecular flexibility index (Phi) is 3.30. The van der Waals surface area contributed by atoms with Gasteiger partial charge in [0, 0.05) is 16.0 Å². The molecule has 2 aromatic carbocycles. The molecule has 0 unspecified atom stereocenters. The molecule has 22 heavy (non-hydrogen) atoms. The van der Waals surface area contributed by atoms with E-state index in [0.717, 1.165) is 16.5 Å². The highest BCUT2D eigenvalue weighted by molar-refractivity contribution is 9.10. The smallest absolute Gasteiger partial charge is 0.147 e. The van der Waals surface area contributed by atoms with Crippen molar-refractivity contribution in [3.05, 3.63) is 75.8 Å². The zero-order chi connectivity index (χ0) is 15.3. The van der Waals surface area contributed by atoms with Gasteiger partial charge in [0.25, 0.3) is 0 Å². The normalized spacial score (nSPS) is 25.5. The molecule has 4 rings (SSSR count). The predicted molar refractivity (Wildman–Crippen MR) is 86.9 cm³/mol. The van der Waals surface area contributed by atoms with Gasteiger partial charge in [0.1, 0.15) is 11.6 Å². The molecule has 1 N–H and O–H groups in total. The summed E-state index contributed by atoms with van der Waals surface area (Å²) in [5.41, 5.74) is 2.04. The maximum atomic E-state index is 14.4. The molecule has 0 saturated heterocycles. The summed E-state index contributed by atoms with van der Waals surface area (Å²) in [6.07, 6.45) is 5.09. The van der Waals surface area contributed by atoms with E-state index in [1.54, 1.807) is 12.1 Å². The minimum absolute atomic E-state index is 0.118. The second-order valence-electron chi connectivity index (χ2n) is 5.85. The van der Waals surface area contributed by atoms with E-state index in [4.69, 9.17) is 0 Å². The van der Waals surface area contributed by atoms with Crippen LogP contribution in [-0.4, -0.2) is 0 Å². The standard InChI is InChI=1S/C18H14BrF2N/c19-10-8-14-11-5-3-6-12(11)17(22-18(14)16(21)9-10)13-4-1-2-7-15(13)20/h1-5,7-9,11-12,17,22H,6H2/t11-,12+,17-/m1/s1. The highest BCUT2D eigenvalue weighted by Gasteiger charge is 2.39. The van der Waals surface area contributed by atoms with Crippen molar-refractivity contribution >= 4 is 21.6 Å². The first-order chi connectivity index (χ1) is 10.6. The number of nitrogens with one attached hydrogen (secondary N) is 1. The Labute approximate surface area is 136 Å². The molecular formula is C18H14BrF2N. The Morgan fingerprint density at radius 2 is 1.86 bits per heavy atom. The number of benzene rings is 2. The molecule has 2 aliphatic rings. The number of fused-ring (bicyclic) bond motifs is 3. The van der Waals surface area contributed by atoms with Gasteiger partial charge >= 0.3 is 0 Å². The van der Waals surface area contributed by atoms with E-state index >= 15 is 0 Å². The molecular weight excluding hydrogens is 348 g/mol. The van der Waals surface area contributed by atoms with E-state index < -0.39 is 0 Å². The van der Waals surface area contributed by atoms with Gasteiger partial charge in [-0.15, -0.1) is 0 Å². The molecule has 3 atom stereocenters. The van der Waals surface area contributed by atoms with Gasteiger partial charge in [-0.1, -0.05) is 46.3 Å². The molecule has 0 bridgehead atoms. The minimum atomic E-state index is -0.301. The van der Waals surface area contributed by atoms with Gasteiger partial charge in [-0.05, 0) is 36.1 Å². The molecule has 0 amide bonds. The Bertz CT molecular complexity index is 772. The van der Waals surface area contributed by atoms with E-state index in [-0.39, 0.29) is 29.5 Å². The van der Waals surface area contributed by atoms with Crippen LogP contribution in [0.15, 0.2) is 53.0 Å². The Morgan fingerprint density at radius 1 is 1.05 bits per heavy atom. The second kappa shape index (κ2) is 5.20. The van der Waals surface area contributed by atoms with Crippen LogP contribution in [0.3, 0.4) is 0 Å². The lowest BCUT2D eigenvalue weighted by Gasteiger charge is -2.37. The SMILES string of the molecule is Fc1ccccc1[C@@H]1Nc2c(F)cc(Br)cc2[C@@H]2C=CC[C@@H]21. The molecule has 112 valence electrons. The third-order valence-electron chi connectivity index (χ3n) is 4.63. The molecule has 2 aromatic rings. The summed E-state index contributed by atoms with van der Waals surface area (Å²) in [4.78, 5) is 0. The first-order valence-electron chi connectivity index (χ1n) is 7.31. The quantitative estimate of drug-likeness (QED) is 0.656. The van der Waals surface area contributed by atoms with Crippen molar-refractivity contribution in [3.8, 4) is 0 Å². The number of anilines is 1. The monoisotopic (exact) mass is 361 g/mol. The summed E-state index contributed by atoms with van der Waals surface area (Å²) in [6.45, 7) is 0. The van der Waals surface area contributed by atoms with E-state index in [0.29, 0.717) is 11.3 Å². The number of hydrogen-bond acceptors (Lipinski definition) is 1. The molecule has 1 heterocycles. The number of hydrogen-bond donors (Lipinski definition) is 1. The molecule has 0 aromatic heterocycles. The topological polar surface area (TPSA) is 12.0 Å². The van der Waals surface area contributed by atoms with E-state index in [1.165, 1.54) is 12.1 Å². The van der Waals surface area contributed by atoms with Crippen LogP contribution >= 0.6 is 15.9 Å².